The van der Waals surface area contributed by atoms with Gasteiger partial charge < -0.3 is 42.0 Å². The Morgan fingerprint density at radius 2 is 1.59 bits per heavy atom. The third-order valence-corrected chi connectivity index (χ3v) is 6.62. The second kappa shape index (κ2) is 14.3. The Bertz CT molecular complexity index is 1180. The summed E-state index contributed by atoms with van der Waals surface area (Å²) in [5, 5.41) is 36.6. The SMILES string of the molecule is CC[C@H](C)[C@H](N)C(=O)N[C@H](C(=O)N[C@@H](Cc1c[nH]c2ccccc12)C(=O)N[C@@H](CCC(=O)O)C(=O)O)[C@@H](C)O. The number of aromatic amines is 1. The Kier molecular flexibility index (Phi) is 11.4. The molecule has 0 fully saturated rings. The van der Waals surface area contributed by atoms with Crippen molar-refractivity contribution in [1.82, 2.24) is 20.9 Å². The normalized spacial score (nSPS) is 15.8. The molecule has 6 atom stereocenters. The molecule has 0 aliphatic heterocycles. The summed E-state index contributed by atoms with van der Waals surface area (Å²) in [7, 11) is 0. The zero-order valence-electron chi connectivity index (χ0n) is 22.1. The molecular formula is C26H37N5O8. The highest BCUT2D eigenvalue weighted by atomic mass is 16.4. The molecule has 39 heavy (non-hydrogen) atoms. The second-order valence-electron chi connectivity index (χ2n) is 9.59. The lowest BCUT2D eigenvalue weighted by Gasteiger charge is -2.27. The molecule has 1 aromatic heterocycles. The number of nitrogens with two attached hydrogens (primary N) is 1. The van der Waals surface area contributed by atoms with Gasteiger partial charge in [0, 0.05) is 29.9 Å². The maximum absolute atomic E-state index is 13.2. The summed E-state index contributed by atoms with van der Waals surface area (Å²) in [6.45, 7) is 4.92. The summed E-state index contributed by atoms with van der Waals surface area (Å²) in [4.78, 5) is 64.7. The highest BCUT2D eigenvalue weighted by molar-refractivity contribution is 5.95. The summed E-state index contributed by atoms with van der Waals surface area (Å²) in [5.74, 6) is -5.27. The van der Waals surface area contributed by atoms with E-state index in [-0.39, 0.29) is 18.8 Å². The molecule has 9 N–H and O–H groups in total. The van der Waals surface area contributed by atoms with Crippen molar-refractivity contribution in [2.24, 2.45) is 11.7 Å². The van der Waals surface area contributed by atoms with Gasteiger partial charge in [-0.05, 0) is 30.9 Å². The smallest absolute Gasteiger partial charge is 0.326 e. The fourth-order valence-electron chi connectivity index (χ4n) is 3.96. The zero-order chi connectivity index (χ0) is 29.3. The average Bonchev–Trinajstić information content (AvgIpc) is 3.30. The number of carbonyl (C=O) groups is 5. The first-order valence-electron chi connectivity index (χ1n) is 12.7. The fourth-order valence-corrected chi connectivity index (χ4v) is 3.96. The van der Waals surface area contributed by atoms with Gasteiger partial charge in [0.1, 0.15) is 18.1 Å². The van der Waals surface area contributed by atoms with Crippen molar-refractivity contribution in [3.63, 3.8) is 0 Å². The van der Waals surface area contributed by atoms with E-state index in [0.29, 0.717) is 12.0 Å². The molecule has 0 aliphatic rings. The van der Waals surface area contributed by atoms with E-state index in [1.54, 1.807) is 25.3 Å². The minimum absolute atomic E-state index is 0.0697. The van der Waals surface area contributed by atoms with Gasteiger partial charge in [-0.25, -0.2) is 4.79 Å². The van der Waals surface area contributed by atoms with Gasteiger partial charge in [-0.1, -0.05) is 38.5 Å². The minimum Gasteiger partial charge on any atom is -0.481 e. The largest absolute Gasteiger partial charge is 0.481 e. The average molecular weight is 548 g/mol. The molecule has 0 radical (unpaired) electrons. The first kappa shape index (κ1) is 31.2. The maximum atomic E-state index is 13.2. The van der Waals surface area contributed by atoms with Gasteiger partial charge in [0.2, 0.25) is 17.7 Å². The van der Waals surface area contributed by atoms with Gasteiger partial charge in [0.15, 0.2) is 0 Å². The summed E-state index contributed by atoms with van der Waals surface area (Å²) < 4.78 is 0. The van der Waals surface area contributed by atoms with E-state index >= 15 is 0 Å². The van der Waals surface area contributed by atoms with Crippen molar-refractivity contribution in [3.8, 4) is 0 Å². The summed E-state index contributed by atoms with van der Waals surface area (Å²) in [5.41, 5.74) is 7.37. The summed E-state index contributed by atoms with van der Waals surface area (Å²) in [6, 6.07) is 2.00. The number of rotatable bonds is 15. The summed E-state index contributed by atoms with van der Waals surface area (Å²) in [6.07, 6.45) is -0.0284. The van der Waals surface area contributed by atoms with Crippen LogP contribution in [0.2, 0.25) is 0 Å². The zero-order valence-corrected chi connectivity index (χ0v) is 22.1. The molecule has 2 aromatic rings. The number of aliphatic hydroxyl groups is 1. The van der Waals surface area contributed by atoms with Crippen LogP contribution >= 0.6 is 0 Å². The third-order valence-electron chi connectivity index (χ3n) is 6.62. The molecule has 0 spiro atoms. The predicted molar refractivity (Wildman–Crippen MR) is 141 cm³/mol. The first-order valence-corrected chi connectivity index (χ1v) is 12.7. The molecule has 1 heterocycles. The number of fused-ring (bicyclic) bond motifs is 1. The molecule has 3 amide bonds. The fraction of sp³-hybridized carbons (Fsp3) is 0.500. The number of carbonyl (C=O) groups excluding carboxylic acids is 3. The number of carboxylic acids is 2. The van der Waals surface area contributed by atoms with Gasteiger partial charge in [0.05, 0.1) is 12.1 Å². The molecule has 214 valence electrons. The van der Waals surface area contributed by atoms with Crippen LogP contribution < -0.4 is 21.7 Å². The van der Waals surface area contributed by atoms with Gasteiger partial charge in [-0.15, -0.1) is 0 Å². The van der Waals surface area contributed by atoms with Crippen LogP contribution in [-0.2, 0) is 30.4 Å². The van der Waals surface area contributed by atoms with Gasteiger partial charge in [0.25, 0.3) is 0 Å². The van der Waals surface area contributed by atoms with Crippen LogP contribution in [0.5, 0.6) is 0 Å². The lowest BCUT2D eigenvalue weighted by atomic mass is 9.98. The molecule has 13 heteroatoms. The minimum atomic E-state index is -1.52. The number of carboxylic acid groups (broad SMARTS) is 2. The van der Waals surface area contributed by atoms with Crippen molar-refractivity contribution in [2.75, 3.05) is 0 Å². The number of hydrogen-bond acceptors (Lipinski definition) is 7. The molecule has 0 aliphatic carbocycles. The number of aromatic nitrogens is 1. The maximum Gasteiger partial charge on any atom is 0.326 e. The van der Waals surface area contributed by atoms with Crippen molar-refractivity contribution in [2.45, 2.75) is 76.7 Å². The second-order valence-corrected chi connectivity index (χ2v) is 9.59. The van der Waals surface area contributed by atoms with E-state index in [1.807, 2.05) is 19.1 Å². The third kappa shape index (κ3) is 8.79. The van der Waals surface area contributed by atoms with Crippen molar-refractivity contribution in [1.29, 1.82) is 0 Å². The van der Waals surface area contributed by atoms with Crippen molar-refractivity contribution < 1.29 is 39.3 Å². The highest BCUT2D eigenvalue weighted by Gasteiger charge is 2.33. The van der Waals surface area contributed by atoms with E-state index in [4.69, 9.17) is 10.8 Å². The van der Waals surface area contributed by atoms with Crippen LogP contribution in [0.1, 0.15) is 45.6 Å². The van der Waals surface area contributed by atoms with E-state index in [9.17, 15) is 34.2 Å². The number of aliphatic hydroxyl groups excluding tert-OH is 1. The Balaban J connectivity index is 2.31. The molecular weight excluding hydrogens is 510 g/mol. The van der Waals surface area contributed by atoms with Crippen LogP contribution in [0.4, 0.5) is 0 Å². The standard InChI is InChI=1S/C26H37N5O8/c1-4-13(2)21(27)24(36)31-22(14(3)32)25(37)30-19(11-15-12-28-17-8-6-5-7-16(15)17)23(35)29-18(26(38)39)9-10-20(33)34/h5-8,12-14,18-19,21-22,28,32H,4,9-11,27H2,1-3H3,(H,29,35)(H,30,37)(H,31,36)(H,33,34)(H,38,39)/t13-,14+,18-,19-,21-,22-/m0/s1. The Morgan fingerprint density at radius 1 is 0.949 bits per heavy atom. The molecule has 0 bridgehead atoms. The van der Waals surface area contributed by atoms with E-state index in [2.05, 4.69) is 20.9 Å². The van der Waals surface area contributed by atoms with E-state index in [1.165, 1.54) is 6.92 Å². The molecule has 2 rings (SSSR count). The van der Waals surface area contributed by atoms with Gasteiger partial charge in [-0.2, -0.15) is 0 Å². The van der Waals surface area contributed by atoms with Crippen LogP contribution in [0.15, 0.2) is 30.5 Å². The lowest BCUT2D eigenvalue weighted by molar-refractivity contribution is -0.143. The first-order chi connectivity index (χ1) is 18.3. The van der Waals surface area contributed by atoms with Gasteiger partial charge >= 0.3 is 11.9 Å². The molecule has 13 nitrogen and oxygen atoms in total. The Hall–Kier alpha value is -3.97. The van der Waals surface area contributed by atoms with Gasteiger partial charge in [-0.3, -0.25) is 19.2 Å². The number of H-pyrrole nitrogens is 1. The highest BCUT2D eigenvalue weighted by Crippen LogP contribution is 2.19. The number of para-hydroxylation sites is 1. The molecule has 0 unspecified atom stereocenters. The molecule has 0 saturated heterocycles. The Morgan fingerprint density at radius 3 is 2.18 bits per heavy atom. The number of hydrogen-bond donors (Lipinski definition) is 8. The number of nitrogens with one attached hydrogen (secondary N) is 4. The number of aliphatic carboxylic acids is 2. The molecule has 1 aromatic carbocycles. The van der Waals surface area contributed by atoms with Crippen LogP contribution in [0.25, 0.3) is 10.9 Å². The Labute approximate surface area is 225 Å². The van der Waals surface area contributed by atoms with Crippen LogP contribution in [0, 0.1) is 5.92 Å². The number of amides is 3. The van der Waals surface area contributed by atoms with E-state index in [0.717, 1.165) is 10.9 Å². The van der Waals surface area contributed by atoms with Crippen molar-refractivity contribution in [3.05, 3.63) is 36.0 Å². The topological polar surface area (TPSA) is 224 Å². The number of benzene rings is 1. The van der Waals surface area contributed by atoms with Crippen LogP contribution in [0.3, 0.4) is 0 Å². The van der Waals surface area contributed by atoms with E-state index < -0.39 is 66.4 Å². The monoisotopic (exact) mass is 547 g/mol. The predicted octanol–water partition coefficient (Wildman–Crippen LogP) is -0.132. The van der Waals surface area contributed by atoms with Crippen LogP contribution in [-0.4, -0.2) is 80.2 Å². The lowest BCUT2D eigenvalue weighted by Crippen LogP contribution is -2.60. The quantitative estimate of drug-likeness (QED) is 0.148. The molecule has 0 saturated carbocycles. The summed E-state index contributed by atoms with van der Waals surface area (Å²) >= 11 is 0. The van der Waals surface area contributed by atoms with Crippen molar-refractivity contribution >= 4 is 40.6 Å².